The van der Waals surface area contributed by atoms with Crippen molar-refractivity contribution in [2.75, 3.05) is 13.2 Å². The topological polar surface area (TPSA) is 95.9 Å². The standard InChI is InChI=1S/C79H151NO5/c1-3-5-7-9-11-13-15-17-19-20-41-45-49-53-57-61-65-69-73-79(84)85-74-70-66-62-58-54-50-46-42-39-37-35-33-31-29-27-25-23-21-22-24-26-28-30-32-34-36-38-40-44-48-52-56-60-64-68-72-78(83)80-76(75-81)77(82)71-67-63-59-55-51-47-43-18-16-14-12-10-8-6-4-2/h19-20,23,25,67,71,76-77,81-82H,3-18,21-22,24,26-66,68-70,72-75H2,1-2H3,(H,80,83)/b20-19-,25-23-,71-67+. The van der Waals surface area contributed by atoms with Crippen LogP contribution in [0.1, 0.15) is 431 Å². The highest BCUT2D eigenvalue weighted by Gasteiger charge is 2.18. The molecule has 502 valence electrons. The molecule has 0 fully saturated rings. The van der Waals surface area contributed by atoms with Gasteiger partial charge in [0.2, 0.25) is 5.91 Å². The number of esters is 1. The third-order valence-corrected chi connectivity index (χ3v) is 18.1. The van der Waals surface area contributed by atoms with Gasteiger partial charge in [0.25, 0.3) is 0 Å². The molecule has 0 radical (unpaired) electrons. The van der Waals surface area contributed by atoms with Crippen LogP contribution in [0.4, 0.5) is 0 Å². The van der Waals surface area contributed by atoms with Crippen LogP contribution < -0.4 is 5.32 Å². The van der Waals surface area contributed by atoms with Crippen LogP contribution in [-0.2, 0) is 14.3 Å². The summed E-state index contributed by atoms with van der Waals surface area (Å²) in [6.45, 7) is 4.94. The fraction of sp³-hybridized carbons (Fsp3) is 0.899. The fourth-order valence-corrected chi connectivity index (χ4v) is 12.2. The molecule has 0 aliphatic heterocycles. The Kier molecular flexibility index (Phi) is 72.9. The number of carbonyl (C=O) groups is 2. The Balaban J connectivity index is 3.34. The molecule has 0 aromatic rings. The SMILES string of the molecule is CCCCCCCCC/C=C\CCCCCCCCCC(=O)OCCCCCCCCCCCCCCCC/C=C\CCCCCCCCCCCCCCCCCCCC(=O)NC(CO)C(O)/C=C/CCCCCCCCCCCCCCC. The molecule has 0 saturated heterocycles. The lowest BCUT2D eigenvalue weighted by atomic mass is 10.0. The molecule has 0 saturated carbocycles. The van der Waals surface area contributed by atoms with Crippen molar-refractivity contribution < 1.29 is 24.5 Å². The summed E-state index contributed by atoms with van der Waals surface area (Å²) in [5.41, 5.74) is 0. The molecule has 6 nitrogen and oxygen atoms in total. The predicted molar refractivity (Wildman–Crippen MR) is 375 cm³/mol. The van der Waals surface area contributed by atoms with Crippen LogP contribution in [0.5, 0.6) is 0 Å². The van der Waals surface area contributed by atoms with Crippen LogP contribution >= 0.6 is 0 Å². The van der Waals surface area contributed by atoms with Crippen molar-refractivity contribution in [3.8, 4) is 0 Å². The van der Waals surface area contributed by atoms with Gasteiger partial charge in [-0.25, -0.2) is 0 Å². The smallest absolute Gasteiger partial charge is 0.305 e. The highest BCUT2D eigenvalue weighted by molar-refractivity contribution is 5.76. The van der Waals surface area contributed by atoms with E-state index in [2.05, 4.69) is 43.5 Å². The van der Waals surface area contributed by atoms with E-state index in [-0.39, 0.29) is 18.5 Å². The molecular formula is C79H151NO5. The van der Waals surface area contributed by atoms with E-state index in [1.165, 1.54) is 360 Å². The van der Waals surface area contributed by atoms with Crippen LogP contribution in [0.25, 0.3) is 0 Å². The number of unbranched alkanes of at least 4 members (excludes halogenated alkanes) is 58. The van der Waals surface area contributed by atoms with Gasteiger partial charge in [0.1, 0.15) is 0 Å². The largest absolute Gasteiger partial charge is 0.466 e. The molecule has 2 atom stereocenters. The summed E-state index contributed by atoms with van der Waals surface area (Å²) in [5, 5.41) is 23.2. The van der Waals surface area contributed by atoms with Crippen molar-refractivity contribution in [1.29, 1.82) is 0 Å². The van der Waals surface area contributed by atoms with E-state index in [1.807, 2.05) is 6.08 Å². The van der Waals surface area contributed by atoms with Crippen molar-refractivity contribution in [3.05, 3.63) is 36.5 Å². The Morgan fingerprint density at radius 1 is 0.318 bits per heavy atom. The van der Waals surface area contributed by atoms with Crippen molar-refractivity contribution >= 4 is 11.9 Å². The third-order valence-electron chi connectivity index (χ3n) is 18.1. The average Bonchev–Trinajstić information content (AvgIpc) is 3.52. The Hall–Kier alpha value is -1.92. The monoisotopic (exact) mass is 1190 g/mol. The van der Waals surface area contributed by atoms with Crippen molar-refractivity contribution in [2.24, 2.45) is 0 Å². The number of rotatable bonds is 73. The second-order valence-corrected chi connectivity index (χ2v) is 26.7. The number of aliphatic hydroxyl groups excluding tert-OH is 2. The second kappa shape index (κ2) is 74.5. The first-order chi connectivity index (χ1) is 42.0. The fourth-order valence-electron chi connectivity index (χ4n) is 12.2. The normalized spacial score (nSPS) is 12.7. The van der Waals surface area contributed by atoms with Gasteiger partial charge in [-0.15, -0.1) is 0 Å². The van der Waals surface area contributed by atoms with E-state index in [4.69, 9.17) is 4.74 Å². The van der Waals surface area contributed by atoms with Gasteiger partial charge in [0, 0.05) is 12.8 Å². The summed E-state index contributed by atoms with van der Waals surface area (Å²) in [6, 6.07) is -0.625. The van der Waals surface area contributed by atoms with Crippen molar-refractivity contribution in [3.63, 3.8) is 0 Å². The first-order valence-corrected chi connectivity index (χ1v) is 38.8. The van der Waals surface area contributed by atoms with Gasteiger partial charge in [0.05, 0.1) is 25.4 Å². The van der Waals surface area contributed by atoms with Crippen LogP contribution in [0.15, 0.2) is 36.5 Å². The maximum Gasteiger partial charge on any atom is 0.305 e. The van der Waals surface area contributed by atoms with E-state index >= 15 is 0 Å². The zero-order valence-corrected chi connectivity index (χ0v) is 57.6. The number of allylic oxidation sites excluding steroid dienone is 5. The molecule has 0 rings (SSSR count). The molecule has 0 aromatic heterocycles. The maximum absolute atomic E-state index is 12.5. The maximum atomic E-state index is 12.5. The van der Waals surface area contributed by atoms with Crippen molar-refractivity contribution in [2.45, 2.75) is 443 Å². The van der Waals surface area contributed by atoms with E-state index in [1.54, 1.807) is 6.08 Å². The Morgan fingerprint density at radius 3 is 0.835 bits per heavy atom. The highest BCUT2D eigenvalue weighted by Crippen LogP contribution is 2.19. The number of aliphatic hydroxyl groups is 2. The average molecular weight is 1200 g/mol. The summed E-state index contributed by atoms with van der Waals surface area (Å²) in [6.07, 6.45) is 96.9. The van der Waals surface area contributed by atoms with Gasteiger partial charge in [-0.1, -0.05) is 371 Å². The lowest BCUT2D eigenvalue weighted by molar-refractivity contribution is -0.143. The van der Waals surface area contributed by atoms with E-state index in [0.717, 1.165) is 44.9 Å². The minimum atomic E-state index is -0.842. The molecule has 0 aliphatic rings. The number of nitrogens with one attached hydrogen (secondary N) is 1. The lowest BCUT2D eigenvalue weighted by Crippen LogP contribution is -2.45. The number of hydrogen-bond donors (Lipinski definition) is 3. The van der Waals surface area contributed by atoms with Crippen molar-refractivity contribution in [1.82, 2.24) is 5.32 Å². The van der Waals surface area contributed by atoms with Gasteiger partial charge < -0.3 is 20.3 Å². The number of hydrogen-bond acceptors (Lipinski definition) is 5. The van der Waals surface area contributed by atoms with Gasteiger partial charge in [-0.3, -0.25) is 9.59 Å². The Morgan fingerprint density at radius 2 is 0.553 bits per heavy atom. The van der Waals surface area contributed by atoms with Gasteiger partial charge in [-0.2, -0.15) is 0 Å². The molecule has 0 bridgehead atoms. The summed E-state index contributed by atoms with van der Waals surface area (Å²) < 4.78 is 5.51. The third kappa shape index (κ3) is 71.0. The van der Waals surface area contributed by atoms with Gasteiger partial charge in [0.15, 0.2) is 0 Å². The van der Waals surface area contributed by atoms with Crippen LogP contribution in [0.3, 0.4) is 0 Å². The molecule has 1 amide bonds. The van der Waals surface area contributed by atoms with Crippen LogP contribution in [-0.4, -0.2) is 47.4 Å². The first kappa shape index (κ1) is 83.1. The minimum absolute atomic E-state index is 0.0177. The summed E-state index contributed by atoms with van der Waals surface area (Å²) in [7, 11) is 0. The molecule has 2 unspecified atom stereocenters. The highest BCUT2D eigenvalue weighted by atomic mass is 16.5. The molecule has 0 spiro atoms. The molecule has 0 aliphatic carbocycles. The summed E-state index contributed by atoms with van der Waals surface area (Å²) >= 11 is 0. The molecule has 85 heavy (non-hydrogen) atoms. The van der Waals surface area contributed by atoms with Crippen LogP contribution in [0.2, 0.25) is 0 Å². The number of ether oxygens (including phenoxy) is 1. The van der Waals surface area contributed by atoms with Gasteiger partial charge in [-0.05, 0) is 83.5 Å². The molecule has 0 aromatic carbocycles. The van der Waals surface area contributed by atoms with E-state index in [9.17, 15) is 19.8 Å². The molecular weight excluding hydrogens is 1040 g/mol. The molecule has 3 N–H and O–H groups in total. The quantitative estimate of drug-likeness (QED) is 0.0320. The number of amides is 1. The second-order valence-electron chi connectivity index (χ2n) is 26.7. The summed E-state index contributed by atoms with van der Waals surface area (Å²) in [5.74, 6) is -0.0441. The zero-order valence-electron chi connectivity index (χ0n) is 57.6. The van der Waals surface area contributed by atoms with Crippen LogP contribution in [0, 0.1) is 0 Å². The lowest BCUT2D eigenvalue weighted by Gasteiger charge is -2.20. The zero-order chi connectivity index (χ0) is 61.3. The Labute approximate surface area is 532 Å². The number of carbonyl (C=O) groups excluding carboxylic acids is 2. The van der Waals surface area contributed by atoms with E-state index < -0.39 is 12.1 Å². The minimum Gasteiger partial charge on any atom is -0.466 e. The van der Waals surface area contributed by atoms with E-state index in [0.29, 0.717) is 19.4 Å². The first-order valence-electron chi connectivity index (χ1n) is 38.8. The predicted octanol–water partition coefficient (Wildman–Crippen LogP) is 25.4. The molecule has 6 heteroatoms. The Bertz CT molecular complexity index is 1380. The van der Waals surface area contributed by atoms with Gasteiger partial charge >= 0.3 is 5.97 Å². The summed E-state index contributed by atoms with van der Waals surface area (Å²) in [4.78, 5) is 24.6. The molecule has 0 heterocycles.